The lowest BCUT2D eigenvalue weighted by Gasteiger charge is -2.12. The molecule has 0 saturated carbocycles. The van der Waals surface area contributed by atoms with Gasteiger partial charge in [0.1, 0.15) is 12.4 Å². The molecule has 23 heavy (non-hydrogen) atoms. The smallest absolute Gasteiger partial charge is 0.191 e. The third-order valence-electron chi connectivity index (χ3n) is 3.12. The highest BCUT2D eigenvalue weighted by molar-refractivity contribution is 14.0. The summed E-state index contributed by atoms with van der Waals surface area (Å²) in [5, 5.41) is 14.7. The lowest BCUT2D eigenvalue weighted by molar-refractivity contribution is 0.152. The Bertz CT molecular complexity index is 438. The first-order chi connectivity index (χ1) is 10.7. The van der Waals surface area contributed by atoms with Crippen molar-refractivity contribution < 1.29 is 9.47 Å². The van der Waals surface area contributed by atoms with Crippen LogP contribution >= 0.6 is 24.0 Å². The molecule has 0 fully saturated rings. The van der Waals surface area contributed by atoms with Crippen molar-refractivity contribution in [3.63, 3.8) is 0 Å². The fourth-order valence-electron chi connectivity index (χ4n) is 1.72. The van der Waals surface area contributed by atoms with Gasteiger partial charge >= 0.3 is 0 Å². The SMILES string of the molecule is CCOCCNC(=NCc1nnc(C)n1C)NCCCOC.I. The van der Waals surface area contributed by atoms with Crippen LogP contribution in [0.1, 0.15) is 25.0 Å². The molecule has 0 radical (unpaired) electrons. The average molecular weight is 440 g/mol. The number of halogens is 1. The van der Waals surface area contributed by atoms with Gasteiger partial charge in [-0.2, -0.15) is 0 Å². The second-order valence-electron chi connectivity index (χ2n) is 4.78. The summed E-state index contributed by atoms with van der Waals surface area (Å²) >= 11 is 0. The highest BCUT2D eigenvalue weighted by atomic mass is 127. The van der Waals surface area contributed by atoms with Crippen molar-refractivity contribution in [3.05, 3.63) is 11.6 Å². The highest BCUT2D eigenvalue weighted by Gasteiger charge is 2.05. The molecule has 0 bridgehead atoms. The van der Waals surface area contributed by atoms with Crippen molar-refractivity contribution in [2.75, 3.05) is 40.0 Å². The Hall–Kier alpha value is -0.940. The van der Waals surface area contributed by atoms with E-state index in [1.165, 1.54) is 0 Å². The molecule has 9 heteroatoms. The summed E-state index contributed by atoms with van der Waals surface area (Å²) in [6.07, 6.45) is 0.922. The van der Waals surface area contributed by atoms with Crippen LogP contribution in [0.3, 0.4) is 0 Å². The van der Waals surface area contributed by atoms with Crippen molar-refractivity contribution in [2.24, 2.45) is 12.0 Å². The van der Waals surface area contributed by atoms with Gasteiger partial charge in [0.2, 0.25) is 0 Å². The lowest BCUT2D eigenvalue weighted by atomic mass is 10.4. The molecule has 0 aromatic carbocycles. The van der Waals surface area contributed by atoms with E-state index in [0.29, 0.717) is 26.3 Å². The van der Waals surface area contributed by atoms with E-state index in [1.54, 1.807) is 7.11 Å². The predicted octanol–water partition coefficient (Wildman–Crippen LogP) is 0.850. The largest absolute Gasteiger partial charge is 0.385 e. The number of ether oxygens (including phenoxy) is 2. The van der Waals surface area contributed by atoms with Gasteiger partial charge in [-0.1, -0.05) is 0 Å². The van der Waals surface area contributed by atoms with Crippen LogP contribution in [0.15, 0.2) is 4.99 Å². The summed E-state index contributed by atoms with van der Waals surface area (Å²) in [7, 11) is 3.64. The Kier molecular flexibility index (Phi) is 12.9. The highest BCUT2D eigenvalue weighted by Crippen LogP contribution is 1.98. The van der Waals surface area contributed by atoms with Crippen molar-refractivity contribution in [2.45, 2.75) is 26.8 Å². The maximum absolute atomic E-state index is 5.32. The van der Waals surface area contributed by atoms with Crippen molar-refractivity contribution in [1.29, 1.82) is 0 Å². The first-order valence-electron chi connectivity index (χ1n) is 7.62. The molecule has 8 nitrogen and oxygen atoms in total. The number of nitrogens with zero attached hydrogens (tertiary/aromatic N) is 4. The number of aromatic nitrogens is 3. The molecule has 0 aliphatic rings. The zero-order chi connectivity index (χ0) is 16.2. The summed E-state index contributed by atoms with van der Waals surface area (Å²) in [5.74, 6) is 2.46. The number of guanidine groups is 1. The number of methoxy groups -OCH3 is 1. The van der Waals surface area contributed by atoms with Gasteiger partial charge in [-0.15, -0.1) is 34.2 Å². The Balaban J connectivity index is 0.00000484. The molecule has 0 amide bonds. The normalized spacial score (nSPS) is 11.2. The maximum Gasteiger partial charge on any atom is 0.191 e. The van der Waals surface area contributed by atoms with Gasteiger partial charge in [-0.25, -0.2) is 4.99 Å². The molecule has 1 heterocycles. The summed E-state index contributed by atoms with van der Waals surface area (Å²) in [4.78, 5) is 4.54. The van der Waals surface area contributed by atoms with Crippen LogP contribution in [0.5, 0.6) is 0 Å². The predicted molar refractivity (Wildman–Crippen MR) is 101 cm³/mol. The zero-order valence-electron chi connectivity index (χ0n) is 14.5. The summed E-state index contributed by atoms with van der Waals surface area (Å²) in [5.41, 5.74) is 0. The van der Waals surface area contributed by atoms with Gasteiger partial charge in [0.05, 0.1) is 6.61 Å². The maximum atomic E-state index is 5.32. The van der Waals surface area contributed by atoms with Crippen molar-refractivity contribution in [1.82, 2.24) is 25.4 Å². The summed E-state index contributed by atoms with van der Waals surface area (Å²) < 4.78 is 12.3. The van der Waals surface area contributed by atoms with Crippen LogP contribution in [0.25, 0.3) is 0 Å². The van der Waals surface area contributed by atoms with E-state index >= 15 is 0 Å². The van der Waals surface area contributed by atoms with E-state index < -0.39 is 0 Å². The number of nitrogens with one attached hydrogen (secondary N) is 2. The molecule has 1 aromatic rings. The van der Waals surface area contributed by atoms with E-state index in [0.717, 1.165) is 37.2 Å². The fourth-order valence-corrected chi connectivity index (χ4v) is 1.72. The lowest BCUT2D eigenvalue weighted by Crippen LogP contribution is -2.39. The zero-order valence-corrected chi connectivity index (χ0v) is 16.8. The minimum absolute atomic E-state index is 0. The topological polar surface area (TPSA) is 85.6 Å². The van der Waals surface area contributed by atoms with E-state index in [9.17, 15) is 0 Å². The molecule has 0 saturated heterocycles. The number of rotatable bonds is 10. The van der Waals surface area contributed by atoms with Gasteiger partial charge in [-0.3, -0.25) is 0 Å². The molecule has 0 atom stereocenters. The van der Waals surface area contributed by atoms with Gasteiger partial charge in [-0.05, 0) is 20.3 Å². The summed E-state index contributed by atoms with van der Waals surface area (Å²) in [6, 6.07) is 0. The van der Waals surface area contributed by atoms with E-state index in [1.807, 2.05) is 25.5 Å². The molecule has 134 valence electrons. The number of hydrogen-bond acceptors (Lipinski definition) is 5. The number of aryl methyl sites for hydroxylation is 1. The fraction of sp³-hybridized carbons (Fsp3) is 0.786. The molecule has 1 aromatic heterocycles. The second-order valence-corrected chi connectivity index (χ2v) is 4.78. The average Bonchev–Trinajstić information content (AvgIpc) is 2.84. The van der Waals surface area contributed by atoms with E-state index in [-0.39, 0.29) is 24.0 Å². The Morgan fingerprint density at radius 3 is 2.57 bits per heavy atom. The van der Waals surface area contributed by atoms with E-state index in [2.05, 4.69) is 25.8 Å². The quantitative estimate of drug-likeness (QED) is 0.243. The van der Waals surface area contributed by atoms with Crippen LogP contribution in [-0.4, -0.2) is 60.7 Å². The number of hydrogen-bond donors (Lipinski definition) is 2. The Labute approximate surface area is 155 Å². The molecular weight excluding hydrogens is 411 g/mol. The second kappa shape index (κ2) is 13.5. The summed E-state index contributed by atoms with van der Waals surface area (Å²) in [6.45, 7) is 7.98. The standard InChI is InChI=1S/C14H28N6O2.HI/c1-5-22-10-8-16-14(15-7-6-9-21-4)17-11-13-19-18-12(2)20(13)3;/h5-11H2,1-4H3,(H2,15,16,17);1H. The van der Waals surface area contributed by atoms with Gasteiger partial charge in [0.15, 0.2) is 11.8 Å². The van der Waals surface area contributed by atoms with Crippen molar-refractivity contribution >= 4 is 29.9 Å². The van der Waals surface area contributed by atoms with Gasteiger partial charge in [0.25, 0.3) is 0 Å². The monoisotopic (exact) mass is 440 g/mol. The first kappa shape index (κ1) is 22.1. The van der Waals surface area contributed by atoms with Crippen LogP contribution in [0.4, 0.5) is 0 Å². The van der Waals surface area contributed by atoms with Crippen LogP contribution in [0.2, 0.25) is 0 Å². The van der Waals surface area contributed by atoms with E-state index in [4.69, 9.17) is 9.47 Å². The van der Waals surface area contributed by atoms with Gasteiger partial charge < -0.3 is 24.7 Å². The third kappa shape index (κ3) is 9.06. The van der Waals surface area contributed by atoms with Crippen LogP contribution in [0, 0.1) is 6.92 Å². The molecule has 0 unspecified atom stereocenters. The molecule has 0 aliphatic heterocycles. The minimum atomic E-state index is 0. The van der Waals surface area contributed by atoms with Gasteiger partial charge in [0, 0.05) is 40.5 Å². The molecule has 2 N–H and O–H groups in total. The number of aliphatic imine (C=N–C) groups is 1. The molecular formula is C14H29IN6O2. The molecule has 0 aliphatic carbocycles. The Morgan fingerprint density at radius 2 is 1.96 bits per heavy atom. The Morgan fingerprint density at radius 1 is 1.22 bits per heavy atom. The van der Waals surface area contributed by atoms with Crippen molar-refractivity contribution in [3.8, 4) is 0 Å². The van der Waals surface area contributed by atoms with Crippen LogP contribution < -0.4 is 10.6 Å². The molecule has 0 spiro atoms. The molecule has 1 rings (SSSR count). The first-order valence-corrected chi connectivity index (χ1v) is 7.62. The third-order valence-corrected chi connectivity index (χ3v) is 3.12. The van der Waals surface area contributed by atoms with Crippen LogP contribution in [-0.2, 0) is 23.1 Å². The minimum Gasteiger partial charge on any atom is -0.385 e.